The van der Waals surface area contributed by atoms with Gasteiger partial charge in [-0.2, -0.15) is 0 Å². The molecule has 0 aliphatic carbocycles. The number of hydrogen-bond donors (Lipinski definition) is 4. The van der Waals surface area contributed by atoms with E-state index in [0.717, 1.165) is 24.2 Å². The van der Waals surface area contributed by atoms with Crippen molar-refractivity contribution in [1.82, 2.24) is 15.3 Å². The molecule has 0 bridgehead atoms. The van der Waals surface area contributed by atoms with Crippen LogP contribution in [0.5, 0.6) is 0 Å². The second-order valence-electron chi connectivity index (χ2n) is 4.82. The third kappa shape index (κ3) is 4.92. The summed E-state index contributed by atoms with van der Waals surface area (Å²) in [7, 11) is 0. The van der Waals surface area contributed by atoms with Crippen LogP contribution in [0.15, 0.2) is 36.7 Å². The van der Waals surface area contributed by atoms with E-state index < -0.39 is 6.10 Å². The number of aryl methyl sites for hydroxylation is 1. The van der Waals surface area contributed by atoms with Gasteiger partial charge in [0.1, 0.15) is 5.82 Å². The number of carbonyl (C=O) groups excluding carboxylic acids is 1. The standard InChI is InChI=1S/C15H20N4O2/c1-11(20)12-4-2-5-13(10-12)19-15(21)18-7-3-6-14-16-8-9-17-14/h2,4-5,8-11,20H,3,6-7H2,1H3,(H,16,17)(H2,18,19,21). The summed E-state index contributed by atoms with van der Waals surface area (Å²) in [6, 6.07) is 6.91. The molecule has 4 N–H and O–H groups in total. The monoisotopic (exact) mass is 288 g/mol. The number of rotatable bonds is 6. The molecule has 1 aromatic carbocycles. The van der Waals surface area contributed by atoms with Crippen LogP contribution < -0.4 is 10.6 Å². The Morgan fingerprint density at radius 3 is 3.05 bits per heavy atom. The largest absolute Gasteiger partial charge is 0.389 e. The summed E-state index contributed by atoms with van der Waals surface area (Å²) >= 11 is 0. The lowest BCUT2D eigenvalue weighted by Gasteiger charge is -2.10. The number of hydrogen-bond acceptors (Lipinski definition) is 3. The molecule has 0 saturated carbocycles. The van der Waals surface area contributed by atoms with Gasteiger partial charge in [0.2, 0.25) is 0 Å². The first-order chi connectivity index (χ1) is 10.1. The van der Waals surface area contributed by atoms with Gasteiger partial charge in [-0.15, -0.1) is 0 Å². The zero-order chi connectivity index (χ0) is 15.1. The molecular formula is C15H20N4O2. The zero-order valence-electron chi connectivity index (χ0n) is 12.0. The third-order valence-corrected chi connectivity index (χ3v) is 3.06. The predicted octanol–water partition coefficient (Wildman–Crippen LogP) is 2.22. The van der Waals surface area contributed by atoms with Gasteiger partial charge < -0.3 is 20.7 Å². The van der Waals surface area contributed by atoms with E-state index in [0.29, 0.717) is 12.2 Å². The number of aromatic amines is 1. The summed E-state index contributed by atoms with van der Waals surface area (Å²) in [5.74, 6) is 0.918. The topological polar surface area (TPSA) is 90.0 Å². The van der Waals surface area contributed by atoms with Crippen LogP contribution in [-0.4, -0.2) is 27.7 Å². The van der Waals surface area contributed by atoms with Crippen molar-refractivity contribution in [2.24, 2.45) is 0 Å². The van der Waals surface area contributed by atoms with Crippen molar-refractivity contribution in [3.8, 4) is 0 Å². The Balaban J connectivity index is 1.72. The molecular weight excluding hydrogens is 268 g/mol. The highest BCUT2D eigenvalue weighted by molar-refractivity contribution is 5.89. The summed E-state index contributed by atoms with van der Waals surface area (Å²) < 4.78 is 0. The SMILES string of the molecule is CC(O)c1cccc(NC(=O)NCCCc2ncc[nH]2)c1. The number of H-pyrrole nitrogens is 1. The van der Waals surface area contributed by atoms with Crippen molar-refractivity contribution in [2.45, 2.75) is 25.9 Å². The first kappa shape index (κ1) is 15.1. The highest BCUT2D eigenvalue weighted by atomic mass is 16.3. The van der Waals surface area contributed by atoms with Crippen LogP contribution in [0.1, 0.15) is 30.8 Å². The van der Waals surface area contributed by atoms with Crippen LogP contribution >= 0.6 is 0 Å². The van der Waals surface area contributed by atoms with Crippen molar-refractivity contribution in [2.75, 3.05) is 11.9 Å². The molecule has 112 valence electrons. The second-order valence-corrected chi connectivity index (χ2v) is 4.82. The Kier molecular flexibility index (Phi) is 5.34. The molecule has 21 heavy (non-hydrogen) atoms. The average molecular weight is 288 g/mol. The smallest absolute Gasteiger partial charge is 0.319 e. The molecule has 0 spiro atoms. The van der Waals surface area contributed by atoms with E-state index in [4.69, 9.17) is 0 Å². The number of imidazole rings is 1. The van der Waals surface area contributed by atoms with Gasteiger partial charge >= 0.3 is 6.03 Å². The van der Waals surface area contributed by atoms with Gasteiger partial charge in [-0.3, -0.25) is 0 Å². The van der Waals surface area contributed by atoms with Gasteiger partial charge in [-0.25, -0.2) is 9.78 Å². The minimum Gasteiger partial charge on any atom is -0.389 e. The molecule has 2 aromatic rings. The normalized spacial score (nSPS) is 11.9. The molecule has 0 saturated heterocycles. The van der Waals surface area contributed by atoms with Gasteiger partial charge in [0.15, 0.2) is 0 Å². The first-order valence-corrected chi connectivity index (χ1v) is 6.96. The van der Waals surface area contributed by atoms with E-state index in [2.05, 4.69) is 20.6 Å². The minimum atomic E-state index is -0.553. The van der Waals surface area contributed by atoms with Gasteiger partial charge in [-0.05, 0) is 31.0 Å². The fourth-order valence-corrected chi connectivity index (χ4v) is 1.94. The molecule has 6 heteroatoms. The molecule has 0 aliphatic heterocycles. The maximum absolute atomic E-state index is 11.7. The summed E-state index contributed by atoms with van der Waals surface area (Å²) in [5, 5.41) is 15.0. The fraction of sp³-hybridized carbons (Fsp3) is 0.333. The van der Waals surface area contributed by atoms with Gasteiger partial charge in [-0.1, -0.05) is 12.1 Å². The summed E-state index contributed by atoms with van der Waals surface area (Å²) in [6.07, 6.45) is 4.55. The van der Waals surface area contributed by atoms with Gasteiger partial charge in [0.05, 0.1) is 6.10 Å². The summed E-state index contributed by atoms with van der Waals surface area (Å²) in [6.45, 7) is 2.26. The van der Waals surface area contributed by atoms with Crippen LogP contribution in [0.4, 0.5) is 10.5 Å². The van der Waals surface area contributed by atoms with E-state index in [1.54, 1.807) is 37.5 Å². The number of benzene rings is 1. The van der Waals surface area contributed by atoms with Crippen LogP contribution in [0.2, 0.25) is 0 Å². The lowest BCUT2D eigenvalue weighted by atomic mass is 10.1. The molecule has 2 rings (SSSR count). The Morgan fingerprint density at radius 1 is 1.48 bits per heavy atom. The zero-order valence-corrected chi connectivity index (χ0v) is 12.0. The number of aliphatic hydroxyl groups is 1. The first-order valence-electron chi connectivity index (χ1n) is 6.96. The maximum atomic E-state index is 11.7. The fourth-order valence-electron chi connectivity index (χ4n) is 1.94. The second kappa shape index (κ2) is 7.44. The molecule has 6 nitrogen and oxygen atoms in total. The molecule has 0 aliphatic rings. The molecule has 1 heterocycles. The predicted molar refractivity (Wildman–Crippen MR) is 81.0 cm³/mol. The quantitative estimate of drug-likeness (QED) is 0.614. The highest BCUT2D eigenvalue weighted by Crippen LogP contribution is 2.16. The number of carbonyl (C=O) groups is 1. The number of nitrogens with one attached hydrogen (secondary N) is 3. The molecule has 2 amide bonds. The highest BCUT2D eigenvalue weighted by Gasteiger charge is 2.04. The average Bonchev–Trinajstić information content (AvgIpc) is 2.97. The van der Waals surface area contributed by atoms with Crippen molar-refractivity contribution in [3.63, 3.8) is 0 Å². The Morgan fingerprint density at radius 2 is 2.33 bits per heavy atom. The number of aliphatic hydroxyl groups excluding tert-OH is 1. The number of nitrogens with zero attached hydrogens (tertiary/aromatic N) is 1. The van der Waals surface area contributed by atoms with Gasteiger partial charge in [0, 0.05) is 31.0 Å². The van der Waals surface area contributed by atoms with Crippen molar-refractivity contribution >= 4 is 11.7 Å². The number of anilines is 1. The van der Waals surface area contributed by atoms with Crippen LogP contribution in [0.3, 0.4) is 0 Å². The number of amides is 2. The molecule has 1 atom stereocenters. The summed E-state index contributed by atoms with van der Waals surface area (Å²) in [4.78, 5) is 18.9. The Labute approximate surface area is 123 Å². The Bertz CT molecular complexity index is 567. The molecule has 0 fully saturated rings. The molecule has 1 unspecified atom stereocenters. The van der Waals surface area contributed by atoms with E-state index in [1.165, 1.54) is 0 Å². The van der Waals surface area contributed by atoms with Crippen LogP contribution in [0, 0.1) is 0 Å². The van der Waals surface area contributed by atoms with Crippen LogP contribution in [-0.2, 0) is 6.42 Å². The minimum absolute atomic E-state index is 0.253. The number of urea groups is 1. The van der Waals surface area contributed by atoms with E-state index in [9.17, 15) is 9.90 Å². The van der Waals surface area contributed by atoms with Gasteiger partial charge in [0.25, 0.3) is 0 Å². The van der Waals surface area contributed by atoms with Crippen molar-refractivity contribution < 1.29 is 9.90 Å². The van der Waals surface area contributed by atoms with Crippen molar-refractivity contribution in [1.29, 1.82) is 0 Å². The van der Waals surface area contributed by atoms with Crippen molar-refractivity contribution in [3.05, 3.63) is 48.0 Å². The van der Waals surface area contributed by atoms with E-state index in [-0.39, 0.29) is 6.03 Å². The van der Waals surface area contributed by atoms with Crippen LogP contribution in [0.25, 0.3) is 0 Å². The third-order valence-electron chi connectivity index (χ3n) is 3.06. The maximum Gasteiger partial charge on any atom is 0.319 e. The molecule has 1 aromatic heterocycles. The Hall–Kier alpha value is -2.34. The van der Waals surface area contributed by atoms with E-state index in [1.807, 2.05) is 6.07 Å². The molecule has 0 radical (unpaired) electrons. The number of aromatic nitrogens is 2. The lowest BCUT2D eigenvalue weighted by Crippen LogP contribution is -2.29. The lowest BCUT2D eigenvalue weighted by molar-refractivity contribution is 0.199. The van der Waals surface area contributed by atoms with E-state index >= 15 is 0 Å². The summed E-state index contributed by atoms with van der Waals surface area (Å²) in [5.41, 5.74) is 1.43.